The fraction of sp³-hybridized carbons (Fsp3) is 0.350. The summed E-state index contributed by atoms with van der Waals surface area (Å²) in [5.41, 5.74) is 0.869. The van der Waals surface area contributed by atoms with E-state index in [4.69, 9.17) is 13.9 Å². The first kappa shape index (κ1) is 20.9. The topological polar surface area (TPSA) is 91.4 Å². The standard InChI is InChI=1S/C20H24N4O4S/c1-14(12-26-2)21-18(25)13-29-20-23-22-19(15-6-4-7-16(10-15)27-3)24(20)11-17-8-5-9-28-17/h4-10,14H,11-13H2,1-3H3,(H,21,25). The predicted octanol–water partition coefficient (Wildman–Crippen LogP) is 2.84. The zero-order chi connectivity index (χ0) is 20.6. The maximum Gasteiger partial charge on any atom is 0.230 e. The average molecular weight is 417 g/mol. The number of hydrogen-bond acceptors (Lipinski definition) is 7. The first-order valence-electron chi connectivity index (χ1n) is 9.11. The molecule has 0 aliphatic carbocycles. The third-order valence-corrected chi connectivity index (χ3v) is 5.06. The Bertz CT molecular complexity index is 926. The number of furan rings is 1. The number of ether oxygens (including phenoxy) is 2. The van der Waals surface area contributed by atoms with Crippen LogP contribution in [0.2, 0.25) is 0 Å². The molecule has 0 aliphatic rings. The van der Waals surface area contributed by atoms with Crippen molar-refractivity contribution < 1.29 is 18.7 Å². The molecule has 9 heteroatoms. The van der Waals surface area contributed by atoms with Crippen LogP contribution in [0.1, 0.15) is 12.7 Å². The van der Waals surface area contributed by atoms with Gasteiger partial charge < -0.3 is 19.2 Å². The summed E-state index contributed by atoms with van der Waals surface area (Å²) in [6, 6.07) is 11.3. The van der Waals surface area contributed by atoms with E-state index in [-0.39, 0.29) is 17.7 Å². The smallest absolute Gasteiger partial charge is 0.230 e. The number of methoxy groups -OCH3 is 2. The van der Waals surface area contributed by atoms with Crippen LogP contribution in [-0.2, 0) is 16.1 Å². The van der Waals surface area contributed by atoms with Gasteiger partial charge in [-0.1, -0.05) is 23.9 Å². The fourth-order valence-corrected chi connectivity index (χ4v) is 3.56. The van der Waals surface area contributed by atoms with Gasteiger partial charge in [0.05, 0.1) is 32.3 Å². The number of rotatable bonds is 10. The quantitative estimate of drug-likeness (QED) is 0.508. The van der Waals surface area contributed by atoms with Crippen molar-refractivity contribution in [1.29, 1.82) is 0 Å². The van der Waals surface area contributed by atoms with E-state index >= 15 is 0 Å². The zero-order valence-corrected chi connectivity index (χ0v) is 17.4. The summed E-state index contributed by atoms with van der Waals surface area (Å²) >= 11 is 1.33. The van der Waals surface area contributed by atoms with Gasteiger partial charge in [0, 0.05) is 18.7 Å². The minimum Gasteiger partial charge on any atom is -0.497 e. The summed E-state index contributed by atoms with van der Waals surface area (Å²) < 4.78 is 17.8. The van der Waals surface area contributed by atoms with Crippen molar-refractivity contribution in [2.45, 2.75) is 24.7 Å². The molecule has 0 saturated heterocycles. The number of hydrogen-bond donors (Lipinski definition) is 1. The van der Waals surface area contributed by atoms with Gasteiger partial charge in [-0.05, 0) is 31.2 Å². The van der Waals surface area contributed by atoms with Crippen LogP contribution in [0.25, 0.3) is 11.4 Å². The molecule has 3 rings (SSSR count). The number of carbonyl (C=O) groups is 1. The van der Waals surface area contributed by atoms with E-state index in [1.165, 1.54) is 11.8 Å². The van der Waals surface area contributed by atoms with Crippen LogP contribution >= 0.6 is 11.8 Å². The molecule has 2 aromatic heterocycles. The second kappa shape index (κ2) is 10.1. The molecular weight excluding hydrogens is 392 g/mol. The van der Waals surface area contributed by atoms with Crippen LogP contribution < -0.4 is 10.1 Å². The molecule has 8 nitrogen and oxygen atoms in total. The second-order valence-corrected chi connectivity index (χ2v) is 7.36. The molecule has 0 spiro atoms. The number of thioether (sulfide) groups is 1. The van der Waals surface area contributed by atoms with Crippen LogP contribution in [0, 0.1) is 0 Å². The van der Waals surface area contributed by atoms with E-state index in [2.05, 4.69) is 15.5 Å². The Morgan fingerprint density at radius 3 is 2.86 bits per heavy atom. The maximum absolute atomic E-state index is 12.2. The number of nitrogens with zero attached hydrogens (tertiary/aromatic N) is 3. The van der Waals surface area contributed by atoms with Crippen LogP contribution in [0.15, 0.2) is 52.2 Å². The SMILES string of the molecule is COCC(C)NC(=O)CSc1nnc(-c2cccc(OC)c2)n1Cc1ccco1. The molecule has 0 radical (unpaired) electrons. The molecule has 1 unspecified atom stereocenters. The monoisotopic (exact) mass is 416 g/mol. The molecule has 3 aromatic rings. The number of aromatic nitrogens is 3. The van der Waals surface area contributed by atoms with E-state index < -0.39 is 0 Å². The first-order chi connectivity index (χ1) is 14.1. The van der Waals surface area contributed by atoms with Crippen molar-refractivity contribution in [3.63, 3.8) is 0 Å². The molecule has 1 amide bonds. The van der Waals surface area contributed by atoms with E-state index in [1.54, 1.807) is 20.5 Å². The van der Waals surface area contributed by atoms with Gasteiger partial charge in [-0.3, -0.25) is 9.36 Å². The third-order valence-electron chi connectivity index (χ3n) is 4.10. The largest absolute Gasteiger partial charge is 0.497 e. The van der Waals surface area contributed by atoms with Gasteiger partial charge in [0.15, 0.2) is 11.0 Å². The van der Waals surface area contributed by atoms with E-state index in [1.807, 2.05) is 47.9 Å². The molecule has 0 fully saturated rings. The van der Waals surface area contributed by atoms with Crippen molar-refractivity contribution in [2.24, 2.45) is 0 Å². The molecule has 29 heavy (non-hydrogen) atoms. The highest BCUT2D eigenvalue weighted by atomic mass is 32.2. The molecule has 1 N–H and O–H groups in total. The van der Waals surface area contributed by atoms with E-state index in [0.29, 0.717) is 24.1 Å². The molecule has 0 saturated carbocycles. The van der Waals surface area contributed by atoms with Gasteiger partial charge in [-0.2, -0.15) is 0 Å². The Balaban J connectivity index is 1.81. The summed E-state index contributed by atoms with van der Waals surface area (Å²) in [6.07, 6.45) is 1.63. The van der Waals surface area contributed by atoms with Crippen molar-refractivity contribution in [3.8, 4) is 17.1 Å². The highest BCUT2D eigenvalue weighted by Crippen LogP contribution is 2.27. The van der Waals surface area contributed by atoms with E-state index in [0.717, 1.165) is 17.1 Å². The summed E-state index contributed by atoms with van der Waals surface area (Å²) in [6.45, 7) is 2.81. The Hall–Kier alpha value is -2.78. The van der Waals surface area contributed by atoms with Gasteiger partial charge in [0.2, 0.25) is 5.91 Å². The Labute approximate surface area is 173 Å². The summed E-state index contributed by atoms with van der Waals surface area (Å²) in [5.74, 6) is 2.32. The van der Waals surface area contributed by atoms with Gasteiger partial charge in [-0.15, -0.1) is 10.2 Å². The third kappa shape index (κ3) is 5.61. The minimum atomic E-state index is -0.0879. The highest BCUT2D eigenvalue weighted by Gasteiger charge is 2.18. The normalized spacial score (nSPS) is 12.0. The van der Waals surface area contributed by atoms with Crippen molar-refractivity contribution in [2.75, 3.05) is 26.6 Å². The molecular formula is C20H24N4O4S. The van der Waals surface area contributed by atoms with Crippen LogP contribution in [-0.4, -0.2) is 53.3 Å². The Morgan fingerprint density at radius 1 is 1.28 bits per heavy atom. The summed E-state index contributed by atoms with van der Waals surface area (Å²) in [5, 5.41) is 12.2. The van der Waals surface area contributed by atoms with Crippen molar-refractivity contribution >= 4 is 17.7 Å². The van der Waals surface area contributed by atoms with Crippen molar-refractivity contribution in [3.05, 3.63) is 48.4 Å². The molecule has 1 aromatic carbocycles. The summed E-state index contributed by atoms with van der Waals surface area (Å²) in [4.78, 5) is 12.2. The number of nitrogens with one attached hydrogen (secondary N) is 1. The Morgan fingerprint density at radius 2 is 2.14 bits per heavy atom. The molecule has 2 heterocycles. The van der Waals surface area contributed by atoms with Gasteiger partial charge in [0.1, 0.15) is 11.5 Å². The predicted molar refractivity (Wildman–Crippen MR) is 110 cm³/mol. The van der Waals surface area contributed by atoms with E-state index in [9.17, 15) is 4.79 Å². The van der Waals surface area contributed by atoms with Crippen molar-refractivity contribution in [1.82, 2.24) is 20.1 Å². The number of benzene rings is 1. The first-order valence-corrected chi connectivity index (χ1v) is 10.1. The van der Waals surface area contributed by atoms with Gasteiger partial charge in [-0.25, -0.2) is 0 Å². The second-order valence-electron chi connectivity index (χ2n) is 6.42. The van der Waals surface area contributed by atoms with Crippen LogP contribution in [0.5, 0.6) is 5.75 Å². The van der Waals surface area contributed by atoms with Gasteiger partial charge >= 0.3 is 0 Å². The molecule has 1 atom stereocenters. The lowest BCUT2D eigenvalue weighted by molar-refractivity contribution is -0.119. The van der Waals surface area contributed by atoms with Crippen LogP contribution in [0.3, 0.4) is 0 Å². The Kier molecular flexibility index (Phi) is 7.31. The van der Waals surface area contributed by atoms with Gasteiger partial charge in [0.25, 0.3) is 0 Å². The minimum absolute atomic E-state index is 0.0542. The highest BCUT2D eigenvalue weighted by molar-refractivity contribution is 7.99. The zero-order valence-electron chi connectivity index (χ0n) is 16.6. The number of carbonyl (C=O) groups excluding carboxylic acids is 1. The molecule has 0 bridgehead atoms. The maximum atomic E-state index is 12.2. The molecule has 0 aliphatic heterocycles. The fourth-order valence-electron chi connectivity index (χ4n) is 2.81. The summed E-state index contributed by atoms with van der Waals surface area (Å²) in [7, 11) is 3.23. The lowest BCUT2D eigenvalue weighted by Gasteiger charge is -2.13. The number of amides is 1. The lowest BCUT2D eigenvalue weighted by Crippen LogP contribution is -2.36. The average Bonchev–Trinajstić information content (AvgIpc) is 3.37. The lowest BCUT2D eigenvalue weighted by atomic mass is 10.2. The molecule has 154 valence electrons. The van der Waals surface area contributed by atoms with Crippen LogP contribution in [0.4, 0.5) is 0 Å².